The quantitative estimate of drug-likeness (QED) is 0.617. The number of tetrazole rings is 1. The molecule has 17 heavy (non-hydrogen) atoms. The van der Waals surface area contributed by atoms with Gasteiger partial charge in [-0.05, 0) is 16.8 Å². The molecule has 2 aromatic heterocycles. The number of ether oxygens (including phenoxy) is 1. The summed E-state index contributed by atoms with van der Waals surface area (Å²) in [6.07, 6.45) is 4.09. The van der Waals surface area contributed by atoms with E-state index in [0.717, 1.165) is 18.8 Å². The first kappa shape index (κ1) is 11.7. The summed E-state index contributed by atoms with van der Waals surface area (Å²) in [6, 6.07) is 0. The standard InChI is InChI=1S/C9H14N6O2/c16-3-5-17-4-1-2-11-8-6-10-7-9-12-13-14-15(8)9/h6-7,11,16H,1-5H2. The number of anilines is 1. The lowest BCUT2D eigenvalue weighted by Gasteiger charge is -2.06. The highest BCUT2D eigenvalue weighted by atomic mass is 16.5. The Morgan fingerprint density at radius 3 is 3.18 bits per heavy atom. The van der Waals surface area contributed by atoms with Crippen LogP contribution >= 0.6 is 0 Å². The van der Waals surface area contributed by atoms with Crippen LogP contribution < -0.4 is 5.32 Å². The summed E-state index contributed by atoms with van der Waals surface area (Å²) in [5.41, 5.74) is 0.603. The number of nitrogens with one attached hydrogen (secondary N) is 1. The molecule has 0 bridgehead atoms. The predicted octanol–water partition coefficient (Wildman–Crippen LogP) is -0.670. The summed E-state index contributed by atoms with van der Waals surface area (Å²) in [5, 5.41) is 22.9. The van der Waals surface area contributed by atoms with E-state index < -0.39 is 0 Å². The van der Waals surface area contributed by atoms with Crippen LogP contribution in [0.4, 0.5) is 5.82 Å². The fourth-order valence-electron chi connectivity index (χ4n) is 1.35. The van der Waals surface area contributed by atoms with Crippen LogP contribution in [0.5, 0.6) is 0 Å². The first-order valence-electron chi connectivity index (χ1n) is 5.36. The molecule has 0 radical (unpaired) electrons. The van der Waals surface area contributed by atoms with Crippen molar-refractivity contribution >= 4 is 11.5 Å². The molecular formula is C9H14N6O2. The number of hydrogen-bond acceptors (Lipinski definition) is 7. The Balaban J connectivity index is 1.80. The van der Waals surface area contributed by atoms with Crippen LogP contribution in [0.1, 0.15) is 6.42 Å². The Bertz CT molecular complexity index is 459. The summed E-state index contributed by atoms with van der Waals surface area (Å²) in [5.74, 6) is 0.745. The van der Waals surface area contributed by atoms with E-state index in [1.807, 2.05) is 0 Å². The average Bonchev–Trinajstić information content (AvgIpc) is 2.82. The molecule has 0 aliphatic heterocycles. The van der Waals surface area contributed by atoms with Crippen molar-refractivity contribution in [1.29, 1.82) is 0 Å². The molecule has 92 valence electrons. The molecule has 0 unspecified atom stereocenters. The van der Waals surface area contributed by atoms with E-state index in [1.165, 1.54) is 0 Å². The van der Waals surface area contributed by atoms with E-state index in [2.05, 4.69) is 25.8 Å². The van der Waals surface area contributed by atoms with Crippen LogP contribution in [0.15, 0.2) is 12.4 Å². The highest BCUT2D eigenvalue weighted by Gasteiger charge is 2.02. The van der Waals surface area contributed by atoms with Crippen molar-refractivity contribution in [3.8, 4) is 0 Å². The van der Waals surface area contributed by atoms with Gasteiger partial charge in [0.25, 0.3) is 0 Å². The molecule has 0 aromatic carbocycles. The molecule has 0 spiro atoms. The number of hydrogen-bond donors (Lipinski definition) is 2. The molecule has 0 saturated heterocycles. The predicted molar refractivity (Wildman–Crippen MR) is 59.6 cm³/mol. The zero-order chi connectivity index (χ0) is 11.9. The molecule has 2 aromatic rings. The zero-order valence-corrected chi connectivity index (χ0v) is 9.28. The van der Waals surface area contributed by atoms with Crippen molar-refractivity contribution in [3.05, 3.63) is 12.4 Å². The molecule has 2 heterocycles. The van der Waals surface area contributed by atoms with E-state index >= 15 is 0 Å². The molecule has 8 nitrogen and oxygen atoms in total. The Labute approximate surface area is 97.6 Å². The summed E-state index contributed by atoms with van der Waals surface area (Å²) < 4.78 is 6.73. The molecule has 0 atom stereocenters. The van der Waals surface area contributed by atoms with Gasteiger partial charge in [-0.25, -0.2) is 0 Å². The first-order valence-corrected chi connectivity index (χ1v) is 5.36. The van der Waals surface area contributed by atoms with Crippen molar-refractivity contribution in [2.75, 3.05) is 31.7 Å². The number of nitrogens with zero attached hydrogens (tertiary/aromatic N) is 5. The van der Waals surface area contributed by atoms with Crippen LogP contribution in [0, 0.1) is 0 Å². The third-order valence-corrected chi connectivity index (χ3v) is 2.12. The SMILES string of the molecule is OCCOCCCNc1cncc2nnnn12. The van der Waals surface area contributed by atoms with Gasteiger partial charge in [0.2, 0.25) is 0 Å². The Kier molecular flexibility index (Phi) is 4.17. The smallest absolute Gasteiger partial charge is 0.199 e. The van der Waals surface area contributed by atoms with Gasteiger partial charge in [0.1, 0.15) is 5.82 Å². The minimum Gasteiger partial charge on any atom is -0.394 e. The Morgan fingerprint density at radius 1 is 1.35 bits per heavy atom. The highest BCUT2D eigenvalue weighted by molar-refractivity contribution is 5.43. The maximum atomic E-state index is 8.52. The van der Waals surface area contributed by atoms with E-state index in [9.17, 15) is 0 Å². The Hall–Kier alpha value is -1.80. The molecular weight excluding hydrogens is 224 g/mol. The van der Waals surface area contributed by atoms with Gasteiger partial charge in [0, 0.05) is 13.2 Å². The van der Waals surface area contributed by atoms with Gasteiger partial charge in [0.15, 0.2) is 5.65 Å². The average molecular weight is 238 g/mol. The minimum absolute atomic E-state index is 0.0568. The lowest BCUT2D eigenvalue weighted by Crippen LogP contribution is -2.10. The molecule has 0 fully saturated rings. The third-order valence-electron chi connectivity index (χ3n) is 2.12. The summed E-state index contributed by atoms with van der Waals surface area (Å²) in [7, 11) is 0. The third kappa shape index (κ3) is 3.08. The van der Waals surface area contributed by atoms with Crippen LogP contribution in [0.25, 0.3) is 5.65 Å². The van der Waals surface area contributed by atoms with Crippen molar-refractivity contribution in [2.24, 2.45) is 0 Å². The monoisotopic (exact) mass is 238 g/mol. The highest BCUT2D eigenvalue weighted by Crippen LogP contribution is 2.05. The lowest BCUT2D eigenvalue weighted by molar-refractivity contribution is 0.0922. The van der Waals surface area contributed by atoms with Crippen LogP contribution in [0.3, 0.4) is 0 Å². The van der Waals surface area contributed by atoms with Gasteiger partial charge in [-0.1, -0.05) is 0 Å². The van der Waals surface area contributed by atoms with Gasteiger partial charge in [-0.15, -0.1) is 5.10 Å². The van der Waals surface area contributed by atoms with Gasteiger partial charge >= 0.3 is 0 Å². The molecule has 0 aliphatic carbocycles. The first-order chi connectivity index (χ1) is 8.42. The fourth-order valence-corrected chi connectivity index (χ4v) is 1.35. The number of fused-ring (bicyclic) bond motifs is 1. The van der Waals surface area contributed by atoms with Crippen LogP contribution in [0.2, 0.25) is 0 Å². The summed E-state index contributed by atoms with van der Waals surface area (Å²) in [4.78, 5) is 4.02. The van der Waals surface area contributed by atoms with Crippen molar-refractivity contribution in [2.45, 2.75) is 6.42 Å². The molecule has 8 heteroatoms. The van der Waals surface area contributed by atoms with E-state index in [4.69, 9.17) is 9.84 Å². The second kappa shape index (κ2) is 6.06. The summed E-state index contributed by atoms with van der Waals surface area (Å²) in [6.45, 7) is 1.77. The Morgan fingerprint density at radius 2 is 2.29 bits per heavy atom. The van der Waals surface area contributed by atoms with Gasteiger partial charge < -0.3 is 15.2 Å². The fraction of sp³-hybridized carbons (Fsp3) is 0.556. The maximum Gasteiger partial charge on any atom is 0.199 e. The second-order valence-electron chi connectivity index (χ2n) is 3.36. The minimum atomic E-state index is 0.0568. The molecule has 2 rings (SSSR count). The second-order valence-corrected chi connectivity index (χ2v) is 3.36. The zero-order valence-electron chi connectivity index (χ0n) is 9.28. The van der Waals surface area contributed by atoms with Crippen molar-refractivity contribution in [1.82, 2.24) is 25.0 Å². The number of aliphatic hydroxyl groups is 1. The van der Waals surface area contributed by atoms with Crippen LogP contribution in [-0.4, -0.2) is 56.5 Å². The van der Waals surface area contributed by atoms with E-state index in [1.54, 1.807) is 16.9 Å². The molecule has 2 N–H and O–H groups in total. The summed E-state index contributed by atoms with van der Waals surface area (Å²) >= 11 is 0. The van der Waals surface area contributed by atoms with E-state index in [-0.39, 0.29) is 6.61 Å². The van der Waals surface area contributed by atoms with Gasteiger partial charge in [-0.3, -0.25) is 4.98 Å². The maximum absolute atomic E-state index is 8.52. The molecule has 0 aliphatic rings. The molecule has 0 saturated carbocycles. The number of rotatable bonds is 7. The number of aliphatic hydroxyl groups excluding tert-OH is 1. The van der Waals surface area contributed by atoms with Crippen LogP contribution in [-0.2, 0) is 4.74 Å². The normalized spacial score (nSPS) is 10.9. The van der Waals surface area contributed by atoms with Gasteiger partial charge in [0.05, 0.1) is 25.6 Å². The lowest BCUT2D eigenvalue weighted by atomic mass is 10.4. The number of aromatic nitrogens is 5. The van der Waals surface area contributed by atoms with Gasteiger partial charge in [-0.2, -0.15) is 4.52 Å². The molecule has 0 amide bonds. The van der Waals surface area contributed by atoms with E-state index in [0.29, 0.717) is 18.9 Å². The van der Waals surface area contributed by atoms with Crippen molar-refractivity contribution < 1.29 is 9.84 Å². The largest absolute Gasteiger partial charge is 0.394 e. The topological polar surface area (TPSA) is 97.5 Å². The van der Waals surface area contributed by atoms with Crippen molar-refractivity contribution in [3.63, 3.8) is 0 Å².